The summed E-state index contributed by atoms with van der Waals surface area (Å²) in [7, 11) is 1.45. The first-order chi connectivity index (χ1) is 9.54. The number of carbonyl (C=O) groups is 2. The lowest BCUT2D eigenvalue weighted by atomic mass is 9.91. The van der Waals surface area contributed by atoms with Gasteiger partial charge >= 0.3 is 6.03 Å². The van der Waals surface area contributed by atoms with Crippen LogP contribution in [-0.4, -0.2) is 50.2 Å². The van der Waals surface area contributed by atoms with E-state index in [1.54, 1.807) is 6.92 Å². The lowest BCUT2D eigenvalue weighted by Gasteiger charge is -2.35. The predicted molar refractivity (Wildman–Crippen MR) is 70.0 cm³/mol. The van der Waals surface area contributed by atoms with E-state index in [9.17, 15) is 9.59 Å². The summed E-state index contributed by atoms with van der Waals surface area (Å²) >= 11 is 0. The zero-order chi connectivity index (χ0) is 14.6. The number of rotatable bonds is 3. The second-order valence-electron chi connectivity index (χ2n) is 5.15. The summed E-state index contributed by atoms with van der Waals surface area (Å²) in [6.07, 6.45) is 2.48. The third-order valence-corrected chi connectivity index (χ3v) is 3.74. The number of imide groups is 1. The number of carbonyl (C=O) groups excluding carboxylic acids is 2. The molecule has 1 atom stereocenters. The number of urea groups is 1. The quantitative estimate of drug-likeness (QED) is 0.790. The standard InChI is InChI=1S/C13H22N2O5/c1-9(11(16)15-12(17)14-2)20-10-3-5-13(6-4-10)18-7-8-19-13/h9-10H,3-8H2,1-2H3,(H2,14,15,16,17). The Morgan fingerprint density at radius 3 is 2.40 bits per heavy atom. The number of hydrogen-bond acceptors (Lipinski definition) is 5. The van der Waals surface area contributed by atoms with Crippen LogP contribution in [0.25, 0.3) is 0 Å². The molecule has 2 aliphatic rings. The number of hydrogen-bond donors (Lipinski definition) is 2. The van der Waals surface area contributed by atoms with Crippen molar-refractivity contribution in [2.45, 2.75) is 50.6 Å². The average Bonchev–Trinajstić information content (AvgIpc) is 2.89. The molecule has 1 aliphatic carbocycles. The van der Waals surface area contributed by atoms with Gasteiger partial charge < -0.3 is 19.5 Å². The van der Waals surface area contributed by atoms with E-state index in [2.05, 4.69) is 10.6 Å². The molecule has 0 bridgehead atoms. The van der Waals surface area contributed by atoms with Crippen molar-refractivity contribution >= 4 is 11.9 Å². The molecule has 1 saturated carbocycles. The van der Waals surface area contributed by atoms with Gasteiger partial charge in [-0.3, -0.25) is 10.1 Å². The van der Waals surface area contributed by atoms with Gasteiger partial charge in [-0.1, -0.05) is 0 Å². The number of amides is 3. The first-order valence-corrected chi connectivity index (χ1v) is 7.00. The minimum atomic E-state index is -0.656. The fraction of sp³-hybridized carbons (Fsp3) is 0.846. The predicted octanol–water partition coefficient (Wildman–Crippen LogP) is 0.533. The molecule has 1 unspecified atom stereocenters. The largest absolute Gasteiger partial charge is 0.365 e. The van der Waals surface area contributed by atoms with Crippen LogP contribution in [0, 0.1) is 0 Å². The van der Waals surface area contributed by atoms with E-state index in [0.29, 0.717) is 13.2 Å². The van der Waals surface area contributed by atoms with Gasteiger partial charge in [0.05, 0.1) is 19.3 Å². The highest BCUT2D eigenvalue weighted by molar-refractivity contribution is 5.96. The van der Waals surface area contributed by atoms with Gasteiger partial charge in [0.25, 0.3) is 5.91 Å². The molecule has 0 aromatic carbocycles. The van der Waals surface area contributed by atoms with Gasteiger partial charge in [-0.2, -0.15) is 0 Å². The van der Waals surface area contributed by atoms with Crippen LogP contribution in [0.1, 0.15) is 32.6 Å². The SMILES string of the molecule is CNC(=O)NC(=O)C(C)OC1CCC2(CC1)OCCO2. The van der Waals surface area contributed by atoms with Crippen LogP contribution >= 0.6 is 0 Å². The zero-order valence-corrected chi connectivity index (χ0v) is 11.9. The zero-order valence-electron chi connectivity index (χ0n) is 11.9. The molecule has 1 heterocycles. The minimum absolute atomic E-state index is 0.00105. The normalized spacial score (nSPS) is 23.5. The molecule has 2 rings (SSSR count). The summed E-state index contributed by atoms with van der Waals surface area (Å²) in [4.78, 5) is 22.7. The lowest BCUT2D eigenvalue weighted by Crippen LogP contribution is -2.45. The minimum Gasteiger partial charge on any atom is -0.365 e. The second kappa shape index (κ2) is 6.51. The molecule has 0 aromatic heterocycles. The summed E-state index contributed by atoms with van der Waals surface area (Å²) in [5.41, 5.74) is 0. The Hall–Kier alpha value is -1.18. The Kier molecular flexibility index (Phi) is 4.95. The third-order valence-electron chi connectivity index (χ3n) is 3.74. The highest BCUT2D eigenvalue weighted by Gasteiger charge is 2.41. The van der Waals surface area contributed by atoms with Crippen molar-refractivity contribution in [1.29, 1.82) is 0 Å². The van der Waals surface area contributed by atoms with Crippen molar-refractivity contribution in [3.05, 3.63) is 0 Å². The molecule has 7 heteroatoms. The maximum absolute atomic E-state index is 11.7. The van der Waals surface area contributed by atoms with E-state index < -0.39 is 23.8 Å². The van der Waals surface area contributed by atoms with E-state index in [-0.39, 0.29) is 6.10 Å². The molecule has 1 spiro atoms. The van der Waals surface area contributed by atoms with E-state index in [1.807, 2.05) is 0 Å². The number of ether oxygens (including phenoxy) is 3. The lowest BCUT2D eigenvalue weighted by molar-refractivity contribution is -0.195. The summed E-state index contributed by atoms with van der Waals surface area (Å²) in [6, 6.07) is -0.527. The number of nitrogens with one attached hydrogen (secondary N) is 2. The van der Waals surface area contributed by atoms with Crippen molar-refractivity contribution < 1.29 is 23.8 Å². The van der Waals surface area contributed by atoms with Gasteiger partial charge in [0.2, 0.25) is 0 Å². The summed E-state index contributed by atoms with van der Waals surface area (Å²) < 4.78 is 17.0. The van der Waals surface area contributed by atoms with Crippen LogP contribution in [0.3, 0.4) is 0 Å². The van der Waals surface area contributed by atoms with Crippen LogP contribution in [0.4, 0.5) is 4.79 Å². The maximum Gasteiger partial charge on any atom is 0.321 e. The highest BCUT2D eigenvalue weighted by atomic mass is 16.7. The van der Waals surface area contributed by atoms with Gasteiger partial charge in [-0.25, -0.2) is 4.79 Å². The molecule has 2 fully saturated rings. The topological polar surface area (TPSA) is 85.9 Å². The van der Waals surface area contributed by atoms with Gasteiger partial charge in [0.1, 0.15) is 6.10 Å². The van der Waals surface area contributed by atoms with E-state index in [1.165, 1.54) is 7.05 Å². The van der Waals surface area contributed by atoms with Crippen LogP contribution in [0.2, 0.25) is 0 Å². The van der Waals surface area contributed by atoms with Crippen LogP contribution < -0.4 is 10.6 Å². The summed E-state index contributed by atoms with van der Waals surface area (Å²) in [5.74, 6) is -0.856. The van der Waals surface area contributed by atoms with E-state index in [4.69, 9.17) is 14.2 Å². The molecular weight excluding hydrogens is 264 g/mol. The van der Waals surface area contributed by atoms with Crippen LogP contribution in [0.5, 0.6) is 0 Å². The monoisotopic (exact) mass is 286 g/mol. The Bertz CT molecular complexity index is 358. The fourth-order valence-corrected chi connectivity index (χ4v) is 2.58. The third kappa shape index (κ3) is 3.68. The molecule has 1 aliphatic heterocycles. The Morgan fingerprint density at radius 1 is 1.25 bits per heavy atom. The van der Waals surface area contributed by atoms with Crippen molar-refractivity contribution in [3.8, 4) is 0 Å². The van der Waals surface area contributed by atoms with Gasteiger partial charge in [-0.05, 0) is 19.8 Å². The molecular formula is C13H22N2O5. The molecule has 20 heavy (non-hydrogen) atoms. The summed E-state index contributed by atoms with van der Waals surface area (Å²) in [6.45, 7) is 2.94. The van der Waals surface area contributed by atoms with E-state index in [0.717, 1.165) is 25.7 Å². The first-order valence-electron chi connectivity index (χ1n) is 7.00. The smallest absolute Gasteiger partial charge is 0.321 e. The Labute approximate surface area is 118 Å². The van der Waals surface area contributed by atoms with E-state index >= 15 is 0 Å². The van der Waals surface area contributed by atoms with Gasteiger partial charge in [0, 0.05) is 19.9 Å². The molecule has 1 saturated heterocycles. The fourth-order valence-electron chi connectivity index (χ4n) is 2.58. The van der Waals surface area contributed by atoms with Crippen LogP contribution in [0.15, 0.2) is 0 Å². The highest BCUT2D eigenvalue weighted by Crippen LogP contribution is 2.36. The molecule has 2 N–H and O–H groups in total. The average molecular weight is 286 g/mol. The molecule has 7 nitrogen and oxygen atoms in total. The summed E-state index contributed by atoms with van der Waals surface area (Å²) in [5, 5.41) is 4.53. The second-order valence-corrected chi connectivity index (χ2v) is 5.15. The molecule has 0 aromatic rings. The van der Waals surface area contributed by atoms with Crippen molar-refractivity contribution in [2.24, 2.45) is 0 Å². The Morgan fingerprint density at radius 2 is 1.85 bits per heavy atom. The van der Waals surface area contributed by atoms with Gasteiger partial charge in [0.15, 0.2) is 5.79 Å². The molecule has 0 radical (unpaired) electrons. The van der Waals surface area contributed by atoms with Crippen molar-refractivity contribution in [2.75, 3.05) is 20.3 Å². The van der Waals surface area contributed by atoms with Crippen molar-refractivity contribution in [1.82, 2.24) is 10.6 Å². The Balaban J connectivity index is 1.74. The maximum atomic E-state index is 11.7. The molecule has 114 valence electrons. The van der Waals surface area contributed by atoms with Crippen molar-refractivity contribution in [3.63, 3.8) is 0 Å². The molecule has 3 amide bonds. The van der Waals surface area contributed by atoms with Crippen LogP contribution in [-0.2, 0) is 19.0 Å². The van der Waals surface area contributed by atoms with Gasteiger partial charge in [-0.15, -0.1) is 0 Å². The first kappa shape index (κ1) is 15.2.